The van der Waals surface area contributed by atoms with Gasteiger partial charge in [-0.15, -0.1) is 0 Å². The summed E-state index contributed by atoms with van der Waals surface area (Å²) in [6.07, 6.45) is 3.48. The van der Waals surface area contributed by atoms with Crippen LogP contribution in [0.5, 0.6) is 5.75 Å². The Balaban J connectivity index is 2.20. The lowest BCUT2D eigenvalue weighted by atomic mass is 10.2. The first-order chi connectivity index (χ1) is 9.60. The van der Waals surface area contributed by atoms with Crippen molar-refractivity contribution >= 4 is 39.1 Å². The van der Waals surface area contributed by atoms with Crippen molar-refractivity contribution in [1.82, 2.24) is 10.3 Å². The molecule has 0 aliphatic carbocycles. The standard InChI is InChI=1S/C14H13BrCl2N2O/c1-18-6-10-3-12(16)4-13(17)14(10)20-8-9-2-11(15)7-19-5-9/h2-5,7,18H,6,8H2,1H3. The van der Waals surface area contributed by atoms with Crippen molar-refractivity contribution in [2.45, 2.75) is 13.2 Å². The van der Waals surface area contributed by atoms with Crippen LogP contribution in [0.3, 0.4) is 0 Å². The van der Waals surface area contributed by atoms with E-state index in [1.807, 2.05) is 19.2 Å². The molecule has 106 valence electrons. The van der Waals surface area contributed by atoms with Crippen molar-refractivity contribution in [1.29, 1.82) is 0 Å². The van der Waals surface area contributed by atoms with Crippen molar-refractivity contribution in [2.75, 3.05) is 7.05 Å². The van der Waals surface area contributed by atoms with Crippen LogP contribution in [0.25, 0.3) is 0 Å². The molecule has 0 saturated carbocycles. The lowest BCUT2D eigenvalue weighted by Gasteiger charge is -2.14. The number of benzene rings is 1. The van der Waals surface area contributed by atoms with Crippen LogP contribution in [-0.4, -0.2) is 12.0 Å². The molecule has 1 N–H and O–H groups in total. The topological polar surface area (TPSA) is 34.1 Å². The molecule has 0 bridgehead atoms. The van der Waals surface area contributed by atoms with E-state index in [4.69, 9.17) is 27.9 Å². The van der Waals surface area contributed by atoms with Gasteiger partial charge in [0, 0.05) is 39.6 Å². The Morgan fingerprint density at radius 1 is 1.25 bits per heavy atom. The molecule has 20 heavy (non-hydrogen) atoms. The molecule has 0 radical (unpaired) electrons. The zero-order chi connectivity index (χ0) is 14.5. The SMILES string of the molecule is CNCc1cc(Cl)cc(Cl)c1OCc1cncc(Br)c1. The third-order valence-corrected chi connectivity index (χ3v) is 3.53. The van der Waals surface area contributed by atoms with Crippen molar-refractivity contribution < 1.29 is 4.74 Å². The average Bonchev–Trinajstić information content (AvgIpc) is 2.38. The Hall–Kier alpha value is -0.810. The van der Waals surface area contributed by atoms with Crippen LogP contribution in [0.15, 0.2) is 35.1 Å². The van der Waals surface area contributed by atoms with Gasteiger partial charge >= 0.3 is 0 Å². The van der Waals surface area contributed by atoms with Gasteiger partial charge < -0.3 is 10.1 Å². The highest BCUT2D eigenvalue weighted by Crippen LogP contribution is 2.33. The van der Waals surface area contributed by atoms with Gasteiger partial charge in [-0.25, -0.2) is 0 Å². The number of nitrogens with one attached hydrogen (secondary N) is 1. The van der Waals surface area contributed by atoms with E-state index in [0.29, 0.717) is 28.9 Å². The quantitative estimate of drug-likeness (QED) is 0.838. The van der Waals surface area contributed by atoms with E-state index < -0.39 is 0 Å². The van der Waals surface area contributed by atoms with Crippen molar-refractivity contribution in [3.8, 4) is 5.75 Å². The molecule has 2 aromatic rings. The van der Waals surface area contributed by atoms with E-state index in [2.05, 4.69) is 26.2 Å². The fraction of sp³-hybridized carbons (Fsp3) is 0.214. The summed E-state index contributed by atoms with van der Waals surface area (Å²) in [6, 6.07) is 5.48. The minimum absolute atomic E-state index is 0.393. The number of halogens is 3. The molecule has 1 aromatic carbocycles. The first-order valence-corrected chi connectivity index (χ1v) is 7.50. The molecule has 1 aromatic heterocycles. The minimum Gasteiger partial charge on any atom is -0.487 e. The van der Waals surface area contributed by atoms with Crippen LogP contribution < -0.4 is 10.1 Å². The van der Waals surface area contributed by atoms with Gasteiger partial charge in [-0.1, -0.05) is 23.2 Å². The second-order valence-corrected chi connectivity index (χ2v) is 5.97. The van der Waals surface area contributed by atoms with E-state index in [1.165, 1.54) is 0 Å². The minimum atomic E-state index is 0.393. The molecule has 0 saturated heterocycles. The fourth-order valence-electron chi connectivity index (χ4n) is 1.79. The summed E-state index contributed by atoms with van der Waals surface area (Å²) < 4.78 is 6.74. The molecule has 0 aliphatic rings. The van der Waals surface area contributed by atoms with Crippen LogP contribution in [0.1, 0.15) is 11.1 Å². The molecule has 0 aliphatic heterocycles. The number of rotatable bonds is 5. The van der Waals surface area contributed by atoms with Gasteiger partial charge in [0.25, 0.3) is 0 Å². The van der Waals surface area contributed by atoms with Crippen molar-refractivity contribution in [3.63, 3.8) is 0 Å². The first-order valence-electron chi connectivity index (χ1n) is 5.95. The normalized spacial score (nSPS) is 10.6. The summed E-state index contributed by atoms with van der Waals surface area (Å²) in [6.45, 7) is 1.02. The molecule has 3 nitrogen and oxygen atoms in total. The Morgan fingerprint density at radius 2 is 2.05 bits per heavy atom. The highest BCUT2D eigenvalue weighted by atomic mass is 79.9. The molecular weight excluding hydrogens is 363 g/mol. The Labute approximate surface area is 136 Å². The van der Waals surface area contributed by atoms with Crippen LogP contribution in [0, 0.1) is 0 Å². The van der Waals surface area contributed by atoms with Gasteiger partial charge in [-0.2, -0.15) is 0 Å². The zero-order valence-electron chi connectivity index (χ0n) is 10.8. The lowest BCUT2D eigenvalue weighted by Crippen LogP contribution is -2.08. The van der Waals surface area contributed by atoms with Gasteiger partial charge in [0.05, 0.1) is 5.02 Å². The summed E-state index contributed by atoms with van der Waals surface area (Å²) >= 11 is 15.6. The molecule has 0 unspecified atom stereocenters. The number of hydrogen-bond acceptors (Lipinski definition) is 3. The van der Waals surface area contributed by atoms with Crippen LogP contribution in [-0.2, 0) is 13.2 Å². The van der Waals surface area contributed by atoms with Crippen LogP contribution >= 0.6 is 39.1 Å². The maximum absolute atomic E-state index is 6.21. The average molecular weight is 376 g/mol. The van der Waals surface area contributed by atoms with E-state index >= 15 is 0 Å². The van der Waals surface area contributed by atoms with Gasteiger partial charge in [-0.05, 0) is 41.2 Å². The van der Waals surface area contributed by atoms with E-state index in [0.717, 1.165) is 15.6 Å². The summed E-state index contributed by atoms with van der Waals surface area (Å²) in [5.41, 5.74) is 1.88. The molecular formula is C14H13BrCl2N2O. The zero-order valence-corrected chi connectivity index (χ0v) is 13.9. The van der Waals surface area contributed by atoms with Crippen molar-refractivity contribution in [2.24, 2.45) is 0 Å². The number of ether oxygens (including phenoxy) is 1. The third-order valence-electron chi connectivity index (χ3n) is 2.60. The van der Waals surface area contributed by atoms with Crippen molar-refractivity contribution in [3.05, 3.63) is 56.2 Å². The Kier molecular flexibility index (Phi) is 5.66. The molecule has 0 atom stereocenters. The van der Waals surface area contributed by atoms with Gasteiger partial charge in [0.15, 0.2) is 0 Å². The smallest absolute Gasteiger partial charge is 0.142 e. The molecule has 2 rings (SSSR count). The lowest BCUT2D eigenvalue weighted by molar-refractivity contribution is 0.302. The Morgan fingerprint density at radius 3 is 2.75 bits per heavy atom. The maximum Gasteiger partial charge on any atom is 0.142 e. The monoisotopic (exact) mass is 374 g/mol. The number of hydrogen-bond donors (Lipinski definition) is 1. The third kappa shape index (κ3) is 4.09. The number of pyridine rings is 1. The van der Waals surface area contributed by atoms with Gasteiger partial charge in [0.2, 0.25) is 0 Å². The summed E-state index contributed by atoms with van der Waals surface area (Å²) in [7, 11) is 1.86. The number of aromatic nitrogens is 1. The van der Waals surface area contributed by atoms with Crippen LogP contribution in [0.2, 0.25) is 10.0 Å². The summed E-state index contributed by atoms with van der Waals surface area (Å²) in [5, 5.41) is 4.17. The second kappa shape index (κ2) is 7.27. The predicted molar refractivity (Wildman–Crippen MR) is 85.5 cm³/mol. The summed E-state index contributed by atoms with van der Waals surface area (Å²) in [4.78, 5) is 4.10. The Bertz CT molecular complexity index is 608. The first kappa shape index (κ1) is 15.6. The molecule has 0 spiro atoms. The van der Waals surface area contributed by atoms with E-state index in [1.54, 1.807) is 18.5 Å². The number of nitrogens with zero attached hydrogens (tertiary/aromatic N) is 1. The fourth-order valence-corrected chi connectivity index (χ4v) is 2.79. The maximum atomic E-state index is 6.21. The second-order valence-electron chi connectivity index (χ2n) is 4.21. The molecule has 0 fully saturated rings. The van der Waals surface area contributed by atoms with Crippen LogP contribution in [0.4, 0.5) is 0 Å². The van der Waals surface area contributed by atoms with E-state index in [9.17, 15) is 0 Å². The molecule has 6 heteroatoms. The van der Waals surface area contributed by atoms with Gasteiger partial charge in [-0.3, -0.25) is 4.98 Å². The highest BCUT2D eigenvalue weighted by Gasteiger charge is 2.10. The molecule has 0 amide bonds. The molecule has 1 heterocycles. The summed E-state index contributed by atoms with van der Waals surface area (Å²) in [5.74, 6) is 0.644. The largest absolute Gasteiger partial charge is 0.487 e. The predicted octanol–water partition coefficient (Wildman–Crippen LogP) is 4.45. The highest BCUT2D eigenvalue weighted by molar-refractivity contribution is 9.10. The van der Waals surface area contributed by atoms with E-state index in [-0.39, 0.29) is 0 Å². The van der Waals surface area contributed by atoms with Gasteiger partial charge in [0.1, 0.15) is 12.4 Å².